The Kier molecular flexibility index (Phi) is 5.95. The standard InChI is InChI=1S/C25H24F3N5O/c1-16-13-19(32-34-16)15-33-11-9-18(10-12-33)30-24-20-7-8-22(25(26,27)28)31-23(20)21(14-29-24)17-5-3-2-4-6-17/h2-8,13-14,18H,9-12,15H2,1H3,(H,29,30). The Bertz CT molecular complexity index is 1280. The molecule has 0 radical (unpaired) electrons. The summed E-state index contributed by atoms with van der Waals surface area (Å²) in [5.74, 6) is 1.35. The third kappa shape index (κ3) is 4.75. The normalized spacial score (nSPS) is 15.6. The zero-order valence-corrected chi connectivity index (χ0v) is 18.6. The molecular formula is C25H24F3N5O. The molecule has 6 nitrogen and oxygen atoms in total. The van der Waals surface area contributed by atoms with Crippen LogP contribution in [0.25, 0.3) is 22.0 Å². The topological polar surface area (TPSA) is 67.1 Å². The van der Waals surface area contributed by atoms with E-state index >= 15 is 0 Å². The second kappa shape index (κ2) is 9.06. The van der Waals surface area contributed by atoms with Crippen molar-refractivity contribution in [2.45, 2.75) is 38.5 Å². The van der Waals surface area contributed by atoms with Crippen LogP contribution in [0.15, 0.2) is 59.3 Å². The van der Waals surface area contributed by atoms with Crippen molar-refractivity contribution in [3.05, 3.63) is 71.9 Å². The van der Waals surface area contributed by atoms with Crippen molar-refractivity contribution in [1.29, 1.82) is 0 Å². The van der Waals surface area contributed by atoms with Crippen molar-refractivity contribution in [1.82, 2.24) is 20.0 Å². The van der Waals surface area contributed by atoms with E-state index in [1.165, 1.54) is 6.07 Å². The first-order chi connectivity index (χ1) is 16.4. The highest BCUT2D eigenvalue weighted by atomic mass is 19.4. The van der Waals surface area contributed by atoms with Gasteiger partial charge in [-0.15, -0.1) is 0 Å². The summed E-state index contributed by atoms with van der Waals surface area (Å²) >= 11 is 0. The van der Waals surface area contributed by atoms with Gasteiger partial charge in [-0.3, -0.25) is 4.90 Å². The monoisotopic (exact) mass is 467 g/mol. The van der Waals surface area contributed by atoms with Crippen LogP contribution < -0.4 is 5.32 Å². The van der Waals surface area contributed by atoms with Crippen LogP contribution in [-0.2, 0) is 12.7 Å². The lowest BCUT2D eigenvalue weighted by molar-refractivity contribution is -0.140. The Morgan fingerprint density at radius 2 is 1.85 bits per heavy atom. The average molecular weight is 467 g/mol. The Hall–Kier alpha value is -3.46. The summed E-state index contributed by atoms with van der Waals surface area (Å²) in [4.78, 5) is 10.9. The second-order valence-corrected chi connectivity index (χ2v) is 8.60. The molecule has 0 atom stereocenters. The number of nitrogens with zero attached hydrogens (tertiary/aromatic N) is 4. The minimum Gasteiger partial charge on any atom is -0.367 e. The smallest absolute Gasteiger partial charge is 0.367 e. The number of pyridine rings is 2. The van der Waals surface area contributed by atoms with Crippen LogP contribution in [0.1, 0.15) is 30.0 Å². The first kappa shape index (κ1) is 22.3. The summed E-state index contributed by atoms with van der Waals surface area (Å²) in [5, 5.41) is 8.09. The summed E-state index contributed by atoms with van der Waals surface area (Å²) in [6.07, 6.45) is -1.15. The summed E-state index contributed by atoms with van der Waals surface area (Å²) in [5.41, 5.74) is 1.64. The van der Waals surface area contributed by atoms with Gasteiger partial charge in [0.2, 0.25) is 0 Å². The summed E-state index contributed by atoms with van der Waals surface area (Å²) in [6.45, 7) is 4.36. The van der Waals surface area contributed by atoms with Gasteiger partial charge in [-0.05, 0) is 37.5 Å². The average Bonchev–Trinajstić information content (AvgIpc) is 3.24. The highest BCUT2D eigenvalue weighted by Gasteiger charge is 2.33. The highest BCUT2D eigenvalue weighted by Crippen LogP contribution is 2.35. The predicted molar refractivity (Wildman–Crippen MR) is 123 cm³/mol. The summed E-state index contributed by atoms with van der Waals surface area (Å²) < 4.78 is 45.4. The third-order valence-corrected chi connectivity index (χ3v) is 6.09. The molecule has 1 aliphatic rings. The van der Waals surface area contributed by atoms with Gasteiger partial charge in [0.1, 0.15) is 17.3 Å². The number of anilines is 1. The number of benzene rings is 1. The number of aromatic nitrogens is 3. The van der Waals surface area contributed by atoms with Gasteiger partial charge in [0.05, 0.1) is 11.2 Å². The van der Waals surface area contributed by atoms with Crippen molar-refractivity contribution in [3.63, 3.8) is 0 Å². The molecule has 176 valence electrons. The van der Waals surface area contributed by atoms with E-state index in [-0.39, 0.29) is 11.6 Å². The molecule has 1 fully saturated rings. The Labute approximate surface area is 194 Å². The van der Waals surface area contributed by atoms with Gasteiger partial charge in [0.25, 0.3) is 0 Å². The number of nitrogens with one attached hydrogen (secondary N) is 1. The van der Waals surface area contributed by atoms with Gasteiger partial charge in [-0.25, -0.2) is 9.97 Å². The summed E-state index contributed by atoms with van der Waals surface area (Å²) in [6, 6.07) is 13.8. The maximum absolute atomic E-state index is 13.4. The zero-order valence-electron chi connectivity index (χ0n) is 18.6. The van der Waals surface area contributed by atoms with Crippen LogP contribution in [0.4, 0.5) is 19.0 Å². The van der Waals surface area contributed by atoms with Gasteiger partial charge in [-0.1, -0.05) is 35.5 Å². The molecule has 5 rings (SSSR count). The number of hydrogen-bond donors (Lipinski definition) is 1. The predicted octanol–water partition coefficient (Wildman–Crippen LogP) is 5.69. The van der Waals surface area contributed by atoms with E-state index in [1.54, 1.807) is 6.20 Å². The number of aryl methyl sites for hydroxylation is 1. The molecule has 0 amide bonds. The number of alkyl halides is 3. The molecule has 4 heterocycles. The van der Waals surface area contributed by atoms with Crippen LogP contribution in [-0.4, -0.2) is 39.2 Å². The zero-order chi connectivity index (χ0) is 23.7. The van der Waals surface area contributed by atoms with E-state index in [0.29, 0.717) is 16.8 Å². The minimum atomic E-state index is -4.52. The Balaban J connectivity index is 1.38. The molecule has 0 aliphatic carbocycles. The van der Waals surface area contributed by atoms with Crippen LogP contribution in [0.3, 0.4) is 0 Å². The SMILES string of the molecule is Cc1cc(CN2CCC(Nc3ncc(-c4ccccc4)c4nc(C(F)(F)F)ccc34)CC2)no1. The largest absolute Gasteiger partial charge is 0.433 e. The van der Waals surface area contributed by atoms with Gasteiger partial charge < -0.3 is 9.84 Å². The molecule has 34 heavy (non-hydrogen) atoms. The lowest BCUT2D eigenvalue weighted by atomic mass is 10.0. The van der Waals surface area contributed by atoms with E-state index in [9.17, 15) is 13.2 Å². The lowest BCUT2D eigenvalue weighted by Crippen LogP contribution is -2.38. The Morgan fingerprint density at radius 3 is 2.53 bits per heavy atom. The van der Waals surface area contributed by atoms with E-state index in [4.69, 9.17) is 4.52 Å². The molecule has 0 saturated carbocycles. The molecule has 1 aliphatic heterocycles. The number of piperidine rings is 1. The quantitative estimate of drug-likeness (QED) is 0.407. The third-order valence-electron chi connectivity index (χ3n) is 6.09. The fourth-order valence-corrected chi connectivity index (χ4v) is 4.37. The lowest BCUT2D eigenvalue weighted by Gasteiger charge is -2.32. The number of rotatable bonds is 5. The molecule has 1 saturated heterocycles. The van der Waals surface area contributed by atoms with E-state index in [0.717, 1.165) is 55.6 Å². The first-order valence-corrected chi connectivity index (χ1v) is 11.2. The second-order valence-electron chi connectivity index (χ2n) is 8.60. The van der Waals surface area contributed by atoms with E-state index < -0.39 is 11.9 Å². The maximum Gasteiger partial charge on any atom is 0.433 e. The molecule has 0 bridgehead atoms. The van der Waals surface area contributed by atoms with Crippen molar-refractivity contribution in [3.8, 4) is 11.1 Å². The van der Waals surface area contributed by atoms with Gasteiger partial charge in [-0.2, -0.15) is 13.2 Å². The molecule has 9 heteroatoms. The van der Waals surface area contributed by atoms with Crippen LogP contribution in [0, 0.1) is 6.92 Å². The molecular weight excluding hydrogens is 443 g/mol. The number of fused-ring (bicyclic) bond motifs is 1. The van der Waals surface area contributed by atoms with Crippen molar-refractivity contribution >= 4 is 16.7 Å². The van der Waals surface area contributed by atoms with Gasteiger partial charge in [0.15, 0.2) is 0 Å². The van der Waals surface area contributed by atoms with Gasteiger partial charge in [0, 0.05) is 48.9 Å². The Morgan fingerprint density at radius 1 is 1.09 bits per heavy atom. The highest BCUT2D eigenvalue weighted by molar-refractivity contribution is 5.99. The van der Waals surface area contributed by atoms with Crippen LogP contribution in [0.5, 0.6) is 0 Å². The van der Waals surface area contributed by atoms with Gasteiger partial charge >= 0.3 is 6.18 Å². The molecule has 3 aromatic heterocycles. The molecule has 0 unspecified atom stereocenters. The number of hydrogen-bond acceptors (Lipinski definition) is 6. The van der Waals surface area contributed by atoms with Crippen LogP contribution >= 0.6 is 0 Å². The molecule has 1 aromatic carbocycles. The molecule has 0 spiro atoms. The van der Waals surface area contributed by atoms with E-state index in [1.807, 2.05) is 43.3 Å². The fraction of sp³-hybridized carbons (Fsp3) is 0.320. The number of likely N-dealkylation sites (tertiary alicyclic amines) is 1. The summed E-state index contributed by atoms with van der Waals surface area (Å²) in [7, 11) is 0. The first-order valence-electron chi connectivity index (χ1n) is 11.2. The minimum absolute atomic E-state index is 0.163. The number of halogens is 3. The fourth-order valence-electron chi connectivity index (χ4n) is 4.37. The molecule has 4 aromatic rings. The van der Waals surface area contributed by atoms with E-state index in [2.05, 4.69) is 25.3 Å². The van der Waals surface area contributed by atoms with Crippen molar-refractivity contribution < 1.29 is 17.7 Å². The van der Waals surface area contributed by atoms with Crippen LogP contribution in [0.2, 0.25) is 0 Å². The molecule has 1 N–H and O–H groups in total. The van der Waals surface area contributed by atoms with Crippen molar-refractivity contribution in [2.75, 3.05) is 18.4 Å². The van der Waals surface area contributed by atoms with Crippen molar-refractivity contribution in [2.24, 2.45) is 0 Å². The maximum atomic E-state index is 13.4.